The lowest BCUT2D eigenvalue weighted by Crippen LogP contribution is -1.87. The first-order valence-corrected chi connectivity index (χ1v) is 4.91. The van der Waals surface area contributed by atoms with Gasteiger partial charge in [0.05, 0.1) is 0 Å². The molecule has 0 aliphatic rings. The van der Waals surface area contributed by atoms with Crippen molar-refractivity contribution in [3.63, 3.8) is 0 Å². The average Bonchev–Trinajstić information content (AvgIpc) is 2.53. The van der Waals surface area contributed by atoms with Gasteiger partial charge in [-0.05, 0) is 30.7 Å². The normalized spacial score (nSPS) is 10.2. The number of hydrogen-bond acceptors (Lipinski definition) is 3. The summed E-state index contributed by atoms with van der Waals surface area (Å²) in [6.45, 7) is 2.04. The molecule has 2 N–H and O–H groups in total. The third-order valence-corrected chi connectivity index (χ3v) is 2.60. The van der Waals surface area contributed by atoms with Gasteiger partial charge >= 0.3 is 0 Å². The Labute approximate surface area is 81.1 Å². The third kappa shape index (κ3) is 1.70. The summed E-state index contributed by atoms with van der Waals surface area (Å²) in [4.78, 5) is 4.23. The van der Waals surface area contributed by atoms with E-state index in [1.165, 1.54) is 5.56 Å². The van der Waals surface area contributed by atoms with Gasteiger partial charge in [-0.25, -0.2) is 4.98 Å². The van der Waals surface area contributed by atoms with E-state index in [9.17, 15) is 0 Å². The number of hydrogen-bond donors (Lipinski definition) is 1. The van der Waals surface area contributed by atoms with Gasteiger partial charge in [0.15, 0.2) is 0 Å². The van der Waals surface area contributed by atoms with E-state index in [0.717, 1.165) is 16.3 Å². The molecule has 2 rings (SSSR count). The molecular weight excluding hydrogens is 180 g/mol. The summed E-state index contributed by atoms with van der Waals surface area (Å²) in [6.07, 6.45) is 1.80. The Morgan fingerprint density at radius 1 is 1.31 bits per heavy atom. The molecule has 0 saturated heterocycles. The average molecular weight is 190 g/mol. The number of aryl methyl sites for hydroxylation is 1. The fraction of sp³-hybridized carbons (Fsp3) is 0.100. The highest BCUT2D eigenvalue weighted by atomic mass is 32.1. The highest BCUT2D eigenvalue weighted by Gasteiger charge is 2.01. The summed E-state index contributed by atoms with van der Waals surface area (Å²) >= 11 is 1.63. The van der Waals surface area contributed by atoms with Crippen molar-refractivity contribution in [2.75, 3.05) is 5.73 Å². The maximum absolute atomic E-state index is 5.74. The number of nitrogens with zero attached hydrogens (tertiary/aromatic N) is 1. The Morgan fingerprint density at radius 3 is 2.77 bits per heavy atom. The molecule has 1 aromatic carbocycles. The number of benzene rings is 1. The van der Waals surface area contributed by atoms with E-state index in [-0.39, 0.29) is 0 Å². The van der Waals surface area contributed by atoms with Crippen LogP contribution in [0.25, 0.3) is 10.6 Å². The number of nitrogens with two attached hydrogens (primary N) is 1. The maximum Gasteiger partial charge on any atom is 0.123 e. The Morgan fingerprint density at radius 2 is 2.15 bits per heavy atom. The second kappa shape index (κ2) is 3.18. The highest BCUT2D eigenvalue weighted by Crippen LogP contribution is 2.24. The van der Waals surface area contributed by atoms with Crippen molar-refractivity contribution >= 4 is 17.0 Å². The lowest BCUT2D eigenvalue weighted by Gasteiger charge is -2.00. The Kier molecular flexibility index (Phi) is 2.02. The fourth-order valence-electron chi connectivity index (χ4n) is 1.30. The van der Waals surface area contributed by atoms with Crippen molar-refractivity contribution in [2.24, 2.45) is 0 Å². The van der Waals surface area contributed by atoms with E-state index in [1.807, 2.05) is 24.4 Å². The topological polar surface area (TPSA) is 38.9 Å². The number of anilines is 1. The van der Waals surface area contributed by atoms with E-state index in [0.29, 0.717) is 0 Å². The summed E-state index contributed by atoms with van der Waals surface area (Å²) in [5, 5.41) is 2.99. The zero-order valence-electron chi connectivity index (χ0n) is 7.32. The number of thiazole rings is 1. The molecule has 0 saturated carbocycles. The van der Waals surface area contributed by atoms with Crippen LogP contribution in [0.15, 0.2) is 29.8 Å². The third-order valence-electron chi connectivity index (χ3n) is 1.78. The molecule has 2 aromatic rings. The van der Waals surface area contributed by atoms with E-state index in [2.05, 4.69) is 11.1 Å². The zero-order chi connectivity index (χ0) is 9.26. The minimum atomic E-state index is 0.796. The monoisotopic (exact) mass is 190 g/mol. The standard InChI is InChI=1S/C10H10N2S/c1-7-4-8(6-9(11)5-7)10-12-2-3-13-10/h2-6H,11H2,1H3. The van der Waals surface area contributed by atoms with Crippen LogP contribution in [-0.4, -0.2) is 4.98 Å². The Bertz CT molecular complexity index is 387. The van der Waals surface area contributed by atoms with Crippen LogP contribution in [0.4, 0.5) is 5.69 Å². The molecule has 0 aliphatic carbocycles. The number of rotatable bonds is 1. The molecule has 2 nitrogen and oxygen atoms in total. The van der Waals surface area contributed by atoms with Crippen molar-refractivity contribution in [3.8, 4) is 10.6 Å². The maximum atomic E-state index is 5.74. The predicted molar refractivity (Wildman–Crippen MR) is 56.7 cm³/mol. The molecular formula is C10H10N2S. The molecule has 0 amide bonds. The van der Waals surface area contributed by atoms with Crippen LogP contribution in [0.3, 0.4) is 0 Å². The van der Waals surface area contributed by atoms with Crippen molar-refractivity contribution in [1.29, 1.82) is 0 Å². The van der Waals surface area contributed by atoms with Gasteiger partial charge in [-0.15, -0.1) is 11.3 Å². The summed E-state index contributed by atoms with van der Waals surface area (Å²) in [5.41, 5.74) is 8.81. The molecule has 1 heterocycles. The molecule has 0 radical (unpaired) electrons. The van der Waals surface area contributed by atoms with Gasteiger partial charge in [0.1, 0.15) is 5.01 Å². The second-order valence-electron chi connectivity index (χ2n) is 2.97. The van der Waals surface area contributed by atoms with Crippen LogP contribution in [0.2, 0.25) is 0 Å². The SMILES string of the molecule is Cc1cc(N)cc(-c2nccs2)c1. The zero-order valence-corrected chi connectivity index (χ0v) is 8.14. The van der Waals surface area contributed by atoms with Crippen LogP contribution >= 0.6 is 11.3 Å². The molecule has 13 heavy (non-hydrogen) atoms. The first-order valence-electron chi connectivity index (χ1n) is 4.03. The predicted octanol–water partition coefficient (Wildman–Crippen LogP) is 2.70. The number of nitrogen functional groups attached to an aromatic ring is 1. The van der Waals surface area contributed by atoms with Crippen molar-refractivity contribution in [1.82, 2.24) is 4.98 Å². The van der Waals surface area contributed by atoms with Gasteiger partial charge in [0.25, 0.3) is 0 Å². The van der Waals surface area contributed by atoms with E-state index in [4.69, 9.17) is 5.73 Å². The van der Waals surface area contributed by atoms with Crippen molar-refractivity contribution in [2.45, 2.75) is 6.92 Å². The van der Waals surface area contributed by atoms with Gasteiger partial charge < -0.3 is 5.73 Å². The van der Waals surface area contributed by atoms with Crippen molar-refractivity contribution in [3.05, 3.63) is 35.3 Å². The minimum Gasteiger partial charge on any atom is -0.399 e. The largest absolute Gasteiger partial charge is 0.399 e. The van der Waals surface area contributed by atoms with Gasteiger partial charge in [-0.3, -0.25) is 0 Å². The lowest BCUT2D eigenvalue weighted by atomic mass is 10.1. The summed E-state index contributed by atoms with van der Waals surface area (Å²) in [5.74, 6) is 0. The molecule has 0 aliphatic heterocycles. The number of aromatic nitrogens is 1. The Balaban J connectivity index is 2.53. The molecule has 3 heteroatoms. The molecule has 0 atom stereocenters. The summed E-state index contributed by atoms with van der Waals surface area (Å²) in [7, 11) is 0. The first-order chi connectivity index (χ1) is 6.25. The van der Waals surface area contributed by atoms with E-state index in [1.54, 1.807) is 17.5 Å². The first kappa shape index (κ1) is 8.26. The van der Waals surface area contributed by atoms with Gasteiger partial charge in [-0.2, -0.15) is 0 Å². The van der Waals surface area contributed by atoms with Gasteiger partial charge in [-0.1, -0.05) is 0 Å². The molecule has 1 aromatic heterocycles. The van der Waals surface area contributed by atoms with Crippen molar-refractivity contribution < 1.29 is 0 Å². The minimum absolute atomic E-state index is 0.796. The quantitative estimate of drug-likeness (QED) is 0.702. The van der Waals surface area contributed by atoms with Crippen LogP contribution in [0.5, 0.6) is 0 Å². The molecule has 66 valence electrons. The van der Waals surface area contributed by atoms with Gasteiger partial charge in [0, 0.05) is 22.8 Å². The molecule has 0 fully saturated rings. The lowest BCUT2D eigenvalue weighted by molar-refractivity contribution is 1.39. The second-order valence-corrected chi connectivity index (χ2v) is 3.86. The van der Waals surface area contributed by atoms with E-state index < -0.39 is 0 Å². The van der Waals surface area contributed by atoms with Crippen LogP contribution in [-0.2, 0) is 0 Å². The van der Waals surface area contributed by atoms with E-state index >= 15 is 0 Å². The molecule has 0 spiro atoms. The summed E-state index contributed by atoms with van der Waals surface area (Å²) in [6, 6.07) is 6.00. The smallest absolute Gasteiger partial charge is 0.123 e. The van der Waals surface area contributed by atoms with Crippen LogP contribution in [0.1, 0.15) is 5.56 Å². The highest BCUT2D eigenvalue weighted by molar-refractivity contribution is 7.13. The van der Waals surface area contributed by atoms with Crippen LogP contribution < -0.4 is 5.73 Å². The van der Waals surface area contributed by atoms with Gasteiger partial charge in [0.2, 0.25) is 0 Å². The Hall–Kier alpha value is -1.35. The molecule has 0 unspecified atom stereocenters. The van der Waals surface area contributed by atoms with Crippen LogP contribution in [0, 0.1) is 6.92 Å². The fourth-order valence-corrected chi connectivity index (χ4v) is 1.93. The summed E-state index contributed by atoms with van der Waals surface area (Å²) < 4.78 is 0. The molecule has 0 bridgehead atoms.